The maximum Gasteiger partial charge on any atom is 0.256 e. The molecule has 2 aromatic rings. The van der Waals surface area contributed by atoms with Gasteiger partial charge in [0.25, 0.3) is 5.91 Å². The summed E-state index contributed by atoms with van der Waals surface area (Å²) in [4.78, 5) is 25.6. The molecule has 26 heavy (non-hydrogen) atoms. The predicted molar refractivity (Wildman–Crippen MR) is 100 cm³/mol. The third-order valence-corrected chi connectivity index (χ3v) is 6.39. The number of piperazine rings is 1. The van der Waals surface area contributed by atoms with Gasteiger partial charge >= 0.3 is 0 Å². The third-order valence-electron chi connectivity index (χ3n) is 3.70. The molecule has 0 spiro atoms. The molecule has 0 aliphatic carbocycles. The maximum atomic E-state index is 12.2. The second-order valence-electron chi connectivity index (χ2n) is 5.59. The summed E-state index contributed by atoms with van der Waals surface area (Å²) in [5.74, 6) is -0.551. The smallest absolute Gasteiger partial charge is 0.256 e. The zero-order valence-corrected chi connectivity index (χ0v) is 15.7. The molecule has 2 amide bonds. The molecule has 1 aliphatic rings. The molecule has 11 heteroatoms. The van der Waals surface area contributed by atoms with E-state index in [-0.39, 0.29) is 22.2 Å². The van der Waals surface area contributed by atoms with Gasteiger partial charge in [-0.05, 0) is 24.3 Å². The summed E-state index contributed by atoms with van der Waals surface area (Å²) in [6.07, 6.45) is 0. The Bertz CT molecular complexity index is 974. The van der Waals surface area contributed by atoms with E-state index in [0.29, 0.717) is 29.5 Å². The number of primary sulfonamides is 1. The van der Waals surface area contributed by atoms with Crippen molar-refractivity contribution < 1.29 is 18.0 Å². The molecule has 0 unspecified atom stereocenters. The Hall–Kier alpha value is -2.14. The highest BCUT2D eigenvalue weighted by Gasteiger charge is 2.19. The predicted octanol–water partition coefficient (Wildman–Crippen LogP) is 1.24. The number of carbonyl (C=O) groups is 2. The molecule has 0 atom stereocenters. The van der Waals surface area contributed by atoms with Crippen molar-refractivity contribution in [3.63, 3.8) is 0 Å². The monoisotopic (exact) mass is 414 g/mol. The lowest BCUT2D eigenvalue weighted by Gasteiger charge is -2.29. The number of hydrogen-bond donors (Lipinski definition) is 3. The van der Waals surface area contributed by atoms with Crippen LogP contribution in [0, 0.1) is 0 Å². The van der Waals surface area contributed by atoms with Gasteiger partial charge in [0.2, 0.25) is 15.9 Å². The Morgan fingerprint density at radius 1 is 1.35 bits per heavy atom. The van der Waals surface area contributed by atoms with Crippen molar-refractivity contribution >= 4 is 56.2 Å². The molecule has 1 saturated heterocycles. The number of benzene rings is 1. The summed E-state index contributed by atoms with van der Waals surface area (Å²) in [6, 6.07) is 6.18. The highest BCUT2D eigenvalue weighted by Crippen LogP contribution is 2.29. The van der Waals surface area contributed by atoms with Gasteiger partial charge in [0.1, 0.15) is 4.21 Å². The van der Waals surface area contributed by atoms with Gasteiger partial charge in [-0.25, -0.2) is 13.6 Å². The van der Waals surface area contributed by atoms with Crippen molar-refractivity contribution in [1.29, 1.82) is 0 Å². The first-order chi connectivity index (χ1) is 12.2. The van der Waals surface area contributed by atoms with Crippen LogP contribution in [0.2, 0.25) is 5.02 Å². The lowest BCUT2D eigenvalue weighted by atomic mass is 10.2. The number of amides is 2. The Morgan fingerprint density at radius 2 is 2.12 bits per heavy atom. The van der Waals surface area contributed by atoms with E-state index >= 15 is 0 Å². The molecular formula is C15H15ClN4O4S2. The number of anilines is 2. The van der Waals surface area contributed by atoms with E-state index in [1.165, 1.54) is 11.4 Å². The van der Waals surface area contributed by atoms with E-state index in [0.717, 1.165) is 11.3 Å². The quantitative estimate of drug-likeness (QED) is 0.694. The van der Waals surface area contributed by atoms with Gasteiger partial charge in [-0.1, -0.05) is 11.6 Å². The lowest BCUT2D eigenvalue weighted by Crippen LogP contribution is -2.47. The van der Waals surface area contributed by atoms with Crippen LogP contribution in [0.3, 0.4) is 0 Å². The van der Waals surface area contributed by atoms with Crippen LogP contribution in [-0.4, -0.2) is 39.9 Å². The van der Waals surface area contributed by atoms with E-state index in [4.69, 9.17) is 16.7 Å². The Morgan fingerprint density at radius 3 is 2.73 bits per heavy atom. The number of thiophene rings is 1. The largest absolute Gasteiger partial charge is 0.359 e. The Labute approximate surface area is 159 Å². The Balaban J connectivity index is 1.74. The van der Waals surface area contributed by atoms with Crippen LogP contribution in [0.25, 0.3) is 0 Å². The first kappa shape index (κ1) is 18.6. The number of nitrogens with one attached hydrogen (secondary N) is 2. The number of sulfonamides is 1. The fraction of sp³-hybridized carbons (Fsp3) is 0.200. The third kappa shape index (κ3) is 4.15. The molecule has 8 nitrogen and oxygen atoms in total. The van der Waals surface area contributed by atoms with Crippen LogP contribution in [0.4, 0.5) is 11.4 Å². The van der Waals surface area contributed by atoms with E-state index in [2.05, 4.69) is 10.6 Å². The van der Waals surface area contributed by atoms with Gasteiger partial charge in [-0.3, -0.25) is 9.59 Å². The molecule has 1 fully saturated rings. The highest BCUT2D eigenvalue weighted by atomic mass is 35.5. The minimum absolute atomic E-state index is 0.0761. The first-order valence-electron chi connectivity index (χ1n) is 7.48. The second-order valence-corrected chi connectivity index (χ2v) is 8.70. The van der Waals surface area contributed by atoms with E-state index in [9.17, 15) is 18.0 Å². The summed E-state index contributed by atoms with van der Waals surface area (Å²) < 4.78 is 22.5. The fourth-order valence-electron chi connectivity index (χ4n) is 2.47. The molecule has 2 heterocycles. The van der Waals surface area contributed by atoms with E-state index < -0.39 is 15.9 Å². The topological polar surface area (TPSA) is 122 Å². The molecule has 1 aromatic heterocycles. The number of nitrogens with two attached hydrogens (primary N) is 1. The second kappa shape index (κ2) is 7.23. The van der Waals surface area contributed by atoms with Crippen LogP contribution >= 0.6 is 22.9 Å². The van der Waals surface area contributed by atoms with Gasteiger partial charge in [0, 0.05) is 24.2 Å². The van der Waals surface area contributed by atoms with Gasteiger partial charge in [0.05, 0.1) is 22.8 Å². The lowest BCUT2D eigenvalue weighted by molar-refractivity contribution is -0.120. The number of halogens is 1. The van der Waals surface area contributed by atoms with Crippen LogP contribution in [-0.2, 0) is 14.8 Å². The van der Waals surface area contributed by atoms with Crippen molar-refractivity contribution in [2.45, 2.75) is 4.21 Å². The molecule has 138 valence electrons. The summed E-state index contributed by atoms with van der Waals surface area (Å²) in [5, 5.41) is 12.2. The van der Waals surface area contributed by atoms with Gasteiger partial charge in [0.15, 0.2) is 0 Å². The van der Waals surface area contributed by atoms with Crippen LogP contribution in [0.15, 0.2) is 33.9 Å². The zero-order valence-electron chi connectivity index (χ0n) is 13.4. The molecule has 0 saturated carbocycles. The first-order valence-corrected chi connectivity index (χ1v) is 10.3. The SMILES string of the molecule is NS(=O)(=O)c1cc(C(=O)Nc2ccc(N3CCNC(=O)C3)c(Cl)c2)cs1. The molecule has 1 aromatic carbocycles. The minimum atomic E-state index is -3.84. The molecule has 1 aliphatic heterocycles. The van der Waals surface area contributed by atoms with Gasteiger partial charge in [-0.15, -0.1) is 11.3 Å². The molecule has 4 N–H and O–H groups in total. The van der Waals surface area contributed by atoms with Crippen LogP contribution in [0.1, 0.15) is 10.4 Å². The average Bonchev–Trinajstić information content (AvgIpc) is 3.05. The van der Waals surface area contributed by atoms with Crippen molar-refractivity contribution in [2.24, 2.45) is 5.14 Å². The summed E-state index contributed by atoms with van der Waals surface area (Å²) in [7, 11) is -3.84. The van der Waals surface area contributed by atoms with Crippen LogP contribution in [0.5, 0.6) is 0 Å². The normalized spacial score (nSPS) is 14.8. The molecular weight excluding hydrogens is 400 g/mol. The molecule has 0 radical (unpaired) electrons. The van der Waals surface area contributed by atoms with Crippen molar-refractivity contribution in [2.75, 3.05) is 29.9 Å². The Kier molecular flexibility index (Phi) is 5.19. The fourth-order valence-corrected chi connectivity index (χ4v) is 4.36. The number of rotatable bonds is 4. The number of carbonyl (C=O) groups excluding carboxylic acids is 2. The minimum Gasteiger partial charge on any atom is -0.359 e. The number of hydrogen-bond acceptors (Lipinski definition) is 6. The highest BCUT2D eigenvalue weighted by molar-refractivity contribution is 7.91. The van der Waals surface area contributed by atoms with Gasteiger partial charge < -0.3 is 15.5 Å². The van der Waals surface area contributed by atoms with Crippen molar-refractivity contribution in [1.82, 2.24) is 5.32 Å². The molecule has 0 bridgehead atoms. The maximum absolute atomic E-state index is 12.2. The molecule has 3 rings (SSSR count). The summed E-state index contributed by atoms with van der Waals surface area (Å²) in [5.41, 5.74) is 1.34. The summed E-state index contributed by atoms with van der Waals surface area (Å²) in [6.45, 7) is 1.40. The average molecular weight is 415 g/mol. The standard InChI is InChI=1S/C15H15ClN4O4S2/c16-11-6-10(1-2-12(11)20-4-3-18-13(21)7-20)19-15(22)9-5-14(25-8-9)26(17,23)24/h1-2,5-6,8H,3-4,7H2,(H,18,21)(H,19,22)(H2,17,23,24). The summed E-state index contributed by atoms with van der Waals surface area (Å²) >= 11 is 7.16. The number of nitrogens with zero attached hydrogens (tertiary/aromatic N) is 1. The van der Waals surface area contributed by atoms with Crippen molar-refractivity contribution in [3.05, 3.63) is 40.2 Å². The van der Waals surface area contributed by atoms with E-state index in [1.54, 1.807) is 18.2 Å². The van der Waals surface area contributed by atoms with Gasteiger partial charge in [-0.2, -0.15) is 0 Å². The van der Waals surface area contributed by atoms with Crippen LogP contribution < -0.4 is 20.7 Å². The van der Waals surface area contributed by atoms with E-state index in [1.807, 2.05) is 4.90 Å². The van der Waals surface area contributed by atoms with Crippen molar-refractivity contribution in [3.8, 4) is 0 Å². The zero-order chi connectivity index (χ0) is 18.9.